The summed E-state index contributed by atoms with van der Waals surface area (Å²) in [5.74, 6) is 2.58. The monoisotopic (exact) mass is 296 g/mol. The maximum Gasteiger partial charge on any atom is 0.331 e. The van der Waals surface area contributed by atoms with Gasteiger partial charge >= 0.3 is 12.0 Å². The summed E-state index contributed by atoms with van der Waals surface area (Å²) in [6.07, 6.45) is 8.04. The Kier molecular flexibility index (Phi) is 6.46. The Morgan fingerprint density at radius 3 is 2.95 bits per heavy atom. The molecular weight excluding hydrogens is 280 g/mol. The molecule has 0 aliphatic heterocycles. The van der Waals surface area contributed by atoms with Crippen molar-refractivity contribution in [3.8, 4) is 12.3 Å². The second kappa shape index (κ2) is 8.12. The van der Waals surface area contributed by atoms with E-state index in [1.807, 2.05) is 0 Å². The van der Waals surface area contributed by atoms with Crippen molar-refractivity contribution in [2.75, 3.05) is 18.1 Å². The summed E-state index contributed by atoms with van der Waals surface area (Å²) in [5, 5.41) is 18.0. The van der Waals surface area contributed by atoms with E-state index >= 15 is 0 Å². The van der Waals surface area contributed by atoms with Crippen LogP contribution in [0.25, 0.3) is 0 Å². The van der Waals surface area contributed by atoms with Gasteiger partial charge in [-0.1, -0.05) is 5.92 Å². The summed E-state index contributed by atoms with van der Waals surface area (Å²) < 4.78 is 1.47. The van der Waals surface area contributed by atoms with Crippen molar-refractivity contribution < 1.29 is 14.7 Å². The van der Waals surface area contributed by atoms with Gasteiger partial charge in [0.25, 0.3) is 0 Å². The molecule has 3 N–H and O–H groups in total. The molecule has 0 saturated carbocycles. The fourth-order valence-electron chi connectivity index (χ4n) is 1.43. The molecular formula is C12H16N4O3S. The minimum Gasteiger partial charge on any atom is -0.479 e. The van der Waals surface area contributed by atoms with Crippen molar-refractivity contribution in [1.82, 2.24) is 20.4 Å². The van der Waals surface area contributed by atoms with Crippen LogP contribution < -0.4 is 10.6 Å². The molecule has 2 amide bonds. The highest BCUT2D eigenvalue weighted by molar-refractivity contribution is 7.99. The Hall–Kier alpha value is -2.14. The number of carbonyl (C=O) groups excluding carboxylic acids is 1. The Labute approximate surface area is 121 Å². The lowest BCUT2D eigenvalue weighted by Crippen LogP contribution is -2.41. The van der Waals surface area contributed by atoms with Crippen LogP contribution in [0.3, 0.4) is 0 Å². The molecule has 1 aromatic heterocycles. The lowest BCUT2D eigenvalue weighted by atomic mass is 10.1. The van der Waals surface area contributed by atoms with E-state index in [0.29, 0.717) is 23.6 Å². The summed E-state index contributed by atoms with van der Waals surface area (Å²) in [5.41, 5.74) is 0.414. The molecule has 8 heteroatoms. The van der Waals surface area contributed by atoms with Gasteiger partial charge < -0.3 is 15.7 Å². The maximum absolute atomic E-state index is 11.6. The fourth-order valence-corrected chi connectivity index (χ4v) is 1.94. The standard InChI is InChI=1S/C12H16N4O3S/c1-3-5-20-6-4-13-12(19)15-10(11(17)18)9-7-14-16(2)8-9/h1,7-8,10H,4-6H2,2H3,(H,17,18)(H2,13,15,19). The van der Waals surface area contributed by atoms with Crippen LogP contribution in [0.2, 0.25) is 0 Å². The van der Waals surface area contributed by atoms with E-state index in [1.54, 1.807) is 13.2 Å². The number of nitrogens with zero attached hydrogens (tertiary/aromatic N) is 2. The van der Waals surface area contributed by atoms with Crippen LogP contribution in [0.4, 0.5) is 4.79 Å². The van der Waals surface area contributed by atoms with E-state index in [-0.39, 0.29) is 0 Å². The molecule has 0 saturated heterocycles. The molecule has 1 aromatic rings. The highest BCUT2D eigenvalue weighted by Gasteiger charge is 2.23. The number of carbonyl (C=O) groups is 2. The third-order valence-corrected chi connectivity index (χ3v) is 3.16. The van der Waals surface area contributed by atoms with Crippen molar-refractivity contribution >= 4 is 23.8 Å². The van der Waals surface area contributed by atoms with Gasteiger partial charge in [0, 0.05) is 31.1 Å². The van der Waals surface area contributed by atoms with Crippen LogP contribution in [-0.2, 0) is 11.8 Å². The minimum absolute atomic E-state index is 0.414. The molecule has 0 aliphatic rings. The first-order valence-corrected chi connectivity index (χ1v) is 6.97. The molecule has 7 nitrogen and oxygen atoms in total. The van der Waals surface area contributed by atoms with E-state index < -0.39 is 18.0 Å². The number of thioether (sulfide) groups is 1. The molecule has 0 spiro atoms. The highest BCUT2D eigenvalue weighted by atomic mass is 32.2. The first-order valence-electron chi connectivity index (χ1n) is 5.81. The molecule has 1 rings (SSSR count). The van der Waals surface area contributed by atoms with Crippen molar-refractivity contribution in [2.45, 2.75) is 6.04 Å². The Morgan fingerprint density at radius 2 is 2.40 bits per heavy atom. The van der Waals surface area contributed by atoms with Gasteiger partial charge in [0.2, 0.25) is 0 Å². The zero-order valence-corrected chi connectivity index (χ0v) is 11.8. The molecule has 0 aromatic carbocycles. The average molecular weight is 296 g/mol. The Balaban J connectivity index is 2.44. The summed E-state index contributed by atoms with van der Waals surface area (Å²) in [6.45, 7) is 0.414. The number of hydrogen-bond acceptors (Lipinski definition) is 4. The third kappa shape index (κ3) is 5.24. The van der Waals surface area contributed by atoms with Gasteiger partial charge in [0.15, 0.2) is 6.04 Å². The van der Waals surface area contributed by atoms with Crippen LogP contribution in [0.1, 0.15) is 11.6 Å². The molecule has 1 unspecified atom stereocenters. The first-order chi connectivity index (χ1) is 9.54. The number of aliphatic carboxylic acids is 1. The number of aryl methyl sites for hydroxylation is 1. The lowest BCUT2D eigenvalue weighted by molar-refractivity contribution is -0.139. The molecule has 108 valence electrons. The van der Waals surface area contributed by atoms with E-state index in [2.05, 4.69) is 21.7 Å². The Bertz CT molecular complexity index is 509. The van der Waals surface area contributed by atoms with E-state index in [9.17, 15) is 9.59 Å². The predicted octanol–water partition coefficient (Wildman–Crippen LogP) is 0.211. The number of terminal acetylenes is 1. The van der Waals surface area contributed by atoms with Crippen molar-refractivity contribution in [3.63, 3.8) is 0 Å². The van der Waals surface area contributed by atoms with Gasteiger partial charge in [0.05, 0.1) is 11.9 Å². The molecule has 0 fully saturated rings. The zero-order valence-electron chi connectivity index (χ0n) is 11.0. The molecule has 20 heavy (non-hydrogen) atoms. The predicted molar refractivity (Wildman–Crippen MR) is 76.3 cm³/mol. The summed E-state index contributed by atoms with van der Waals surface area (Å²) in [4.78, 5) is 22.8. The number of amides is 2. The number of rotatable bonds is 7. The quantitative estimate of drug-likeness (QED) is 0.494. The van der Waals surface area contributed by atoms with Crippen LogP contribution in [-0.4, -0.2) is 44.9 Å². The topological polar surface area (TPSA) is 96.2 Å². The van der Waals surface area contributed by atoms with Crippen molar-refractivity contribution in [1.29, 1.82) is 0 Å². The normalized spacial score (nSPS) is 11.4. The third-order valence-electron chi connectivity index (χ3n) is 2.30. The molecule has 0 radical (unpaired) electrons. The minimum atomic E-state index is -1.14. The number of nitrogens with one attached hydrogen (secondary N) is 2. The van der Waals surface area contributed by atoms with Crippen LogP contribution in [0.15, 0.2) is 12.4 Å². The van der Waals surface area contributed by atoms with Gasteiger partial charge in [-0.15, -0.1) is 18.2 Å². The van der Waals surface area contributed by atoms with E-state index in [1.165, 1.54) is 22.6 Å². The van der Waals surface area contributed by atoms with Crippen LogP contribution in [0, 0.1) is 12.3 Å². The number of carboxylic acids is 1. The van der Waals surface area contributed by atoms with Crippen LogP contribution in [0.5, 0.6) is 0 Å². The number of carboxylic acid groups (broad SMARTS) is 1. The van der Waals surface area contributed by atoms with Crippen molar-refractivity contribution in [2.24, 2.45) is 7.05 Å². The van der Waals surface area contributed by atoms with Gasteiger partial charge in [-0.2, -0.15) is 5.10 Å². The summed E-state index contributed by atoms with van der Waals surface area (Å²) in [7, 11) is 1.67. The van der Waals surface area contributed by atoms with Gasteiger partial charge in [-0.3, -0.25) is 4.68 Å². The number of aromatic nitrogens is 2. The largest absolute Gasteiger partial charge is 0.479 e. The molecule has 0 bridgehead atoms. The second-order valence-corrected chi connectivity index (χ2v) is 4.98. The SMILES string of the molecule is C#CCSCCNC(=O)NC(C(=O)O)c1cnn(C)c1. The van der Waals surface area contributed by atoms with Crippen LogP contribution >= 0.6 is 11.8 Å². The van der Waals surface area contributed by atoms with E-state index in [4.69, 9.17) is 11.5 Å². The fraction of sp³-hybridized carbons (Fsp3) is 0.417. The highest BCUT2D eigenvalue weighted by Crippen LogP contribution is 2.11. The second-order valence-electron chi connectivity index (χ2n) is 3.88. The van der Waals surface area contributed by atoms with Gasteiger partial charge in [0.1, 0.15) is 0 Å². The molecule has 0 aliphatic carbocycles. The Morgan fingerprint density at radius 1 is 1.65 bits per heavy atom. The number of hydrogen-bond donors (Lipinski definition) is 3. The first kappa shape index (κ1) is 15.9. The maximum atomic E-state index is 11.6. The zero-order chi connectivity index (χ0) is 15.0. The van der Waals surface area contributed by atoms with Crippen molar-refractivity contribution in [3.05, 3.63) is 18.0 Å². The lowest BCUT2D eigenvalue weighted by Gasteiger charge is -2.13. The average Bonchev–Trinajstić information content (AvgIpc) is 2.81. The number of urea groups is 1. The smallest absolute Gasteiger partial charge is 0.331 e. The van der Waals surface area contributed by atoms with Gasteiger partial charge in [-0.05, 0) is 0 Å². The summed E-state index contributed by atoms with van der Waals surface area (Å²) in [6, 6.07) is -1.66. The van der Waals surface area contributed by atoms with E-state index in [0.717, 1.165) is 0 Å². The molecule has 1 heterocycles. The summed E-state index contributed by atoms with van der Waals surface area (Å²) >= 11 is 1.51. The van der Waals surface area contributed by atoms with Gasteiger partial charge in [-0.25, -0.2) is 9.59 Å². The molecule has 1 atom stereocenters.